The Morgan fingerprint density at radius 2 is 2.00 bits per heavy atom. The van der Waals surface area contributed by atoms with E-state index in [0.29, 0.717) is 5.88 Å². The molecule has 1 atom stereocenters. The fourth-order valence-electron chi connectivity index (χ4n) is 1.38. The molecule has 1 aromatic carbocycles. The Kier molecular flexibility index (Phi) is 4.94. The molecular weight excluding hydrogens is 241 g/mol. The summed E-state index contributed by atoms with van der Waals surface area (Å²) in [5.41, 5.74) is 0.412. The zero-order valence-electron chi connectivity index (χ0n) is 10.1. The van der Waals surface area contributed by atoms with Gasteiger partial charge in [-0.3, -0.25) is 4.79 Å². The lowest BCUT2D eigenvalue weighted by Gasteiger charge is -2.27. The van der Waals surface area contributed by atoms with E-state index < -0.39 is 0 Å². The average molecular weight is 258 g/mol. The number of alkyl halides is 1. The Morgan fingerprint density at radius 1 is 1.41 bits per heavy atom. The molecule has 0 heterocycles. The van der Waals surface area contributed by atoms with Gasteiger partial charge in [0.1, 0.15) is 5.82 Å². The second-order valence-electron chi connectivity index (χ2n) is 4.40. The van der Waals surface area contributed by atoms with Gasteiger partial charge < -0.3 is 5.32 Å². The van der Waals surface area contributed by atoms with Crippen LogP contribution in [0.2, 0.25) is 0 Å². The van der Waals surface area contributed by atoms with Crippen LogP contribution in [0.4, 0.5) is 4.39 Å². The van der Waals surface area contributed by atoms with E-state index in [9.17, 15) is 9.18 Å². The zero-order valence-corrected chi connectivity index (χ0v) is 10.9. The highest BCUT2D eigenvalue weighted by Crippen LogP contribution is 2.12. The molecule has 0 bridgehead atoms. The van der Waals surface area contributed by atoms with Crippen molar-refractivity contribution in [2.75, 3.05) is 5.88 Å². The van der Waals surface area contributed by atoms with Crippen molar-refractivity contribution < 1.29 is 9.18 Å². The largest absolute Gasteiger partial charge is 0.349 e. The highest BCUT2D eigenvalue weighted by molar-refractivity contribution is 6.18. The van der Waals surface area contributed by atoms with Crippen LogP contribution < -0.4 is 5.32 Å². The van der Waals surface area contributed by atoms with E-state index in [1.807, 2.05) is 13.8 Å². The molecule has 0 aliphatic heterocycles. The highest BCUT2D eigenvalue weighted by Gasteiger charge is 2.22. The van der Waals surface area contributed by atoms with Crippen molar-refractivity contribution in [1.29, 1.82) is 0 Å². The van der Waals surface area contributed by atoms with E-state index in [1.54, 1.807) is 12.1 Å². The van der Waals surface area contributed by atoms with Crippen LogP contribution in [-0.2, 0) is 11.2 Å². The molecule has 0 aromatic heterocycles. The monoisotopic (exact) mass is 257 g/mol. The van der Waals surface area contributed by atoms with Crippen LogP contribution in [0.1, 0.15) is 25.8 Å². The molecule has 1 N–H and O–H groups in total. The third kappa shape index (κ3) is 4.35. The lowest BCUT2D eigenvalue weighted by Crippen LogP contribution is -2.47. The summed E-state index contributed by atoms with van der Waals surface area (Å²) in [6.07, 6.45) is 1.01. The quantitative estimate of drug-likeness (QED) is 0.808. The summed E-state index contributed by atoms with van der Waals surface area (Å²) in [6.45, 7) is 3.88. The van der Waals surface area contributed by atoms with Crippen molar-refractivity contribution in [3.05, 3.63) is 35.6 Å². The first-order valence-electron chi connectivity index (χ1n) is 5.60. The molecule has 1 amide bonds. The van der Waals surface area contributed by atoms with Gasteiger partial charge in [-0.2, -0.15) is 0 Å². The topological polar surface area (TPSA) is 29.1 Å². The second kappa shape index (κ2) is 6.01. The van der Waals surface area contributed by atoms with Gasteiger partial charge in [0.15, 0.2) is 0 Å². The van der Waals surface area contributed by atoms with Crippen LogP contribution in [0, 0.1) is 5.82 Å². The minimum Gasteiger partial charge on any atom is -0.349 e. The molecule has 1 unspecified atom stereocenters. The summed E-state index contributed by atoms with van der Waals surface area (Å²) in [7, 11) is 0. The number of rotatable bonds is 5. The number of benzene rings is 1. The van der Waals surface area contributed by atoms with Crippen molar-refractivity contribution >= 4 is 17.5 Å². The predicted octanol–water partition coefficient (Wildman–Crippen LogP) is 2.89. The van der Waals surface area contributed by atoms with Crippen LogP contribution in [-0.4, -0.2) is 17.3 Å². The van der Waals surface area contributed by atoms with Gasteiger partial charge in [-0.1, -0.05) is 19.1 Å². The minimum absolute atomic E-state index is 0.0957. The van der Waals surface area contributed by atoms with Crippen LogP contribution >= 0.6 is 11.6 Å². The van der Waals surface area contributed by atoms with Crippen molar-refractivity contribution in [3.8, 4) is 0 Å². The maximum absolute atomic E-state index is 12.7. The number of halogens is 2. The van der Waals surface area contributed by atoms with Crippen LogP contribution in [0.5, 0.6) is 0 Å². The van der Waals surface area contributed by atoms with Crippen LogP contribution in [0.15, 0.2) is 24.3 Å². The SMILES string of the molecule is CCC(C)(CCl)NC(=O)Cc1ccc(F)cc1. The third-order valence-corrected chi connectivity index (χ3v) is 3.38. The smallest absolute Gasteiger partial charge is 0.224 e. The molecule has 0 fully saturated rings. The Bertz CT molecular complexity index is 374. The number of hydrogen-bond acceptors (Lipinski definition) is 1. The fraction of sp³-hybridized carbons (Fsp3) is 0.462. The van der Waals surface area contributed by atoms with Gasteiger partial charge in [0.25, 0.3) is 0 Å². The summed E-state index contributed by atoms with van der Waals surface area (Å²) in [5.74, 6) is -0.0199. The number of nitrogens with one attached hydrogen (secondary N) is 1. The van der Waals surface area contributed by atoms with E-state index >= 15 is 0 Å². The summed E-state index contributed by atoms with van der Waals surface area (Å²) in [4.78, 5) is 11.8. The molecule has 0 aliphatic carbocycles. The molecule has 17 heavy (non-hydrogen) atoms. The summed E-state index contributed by atoms with van der Waals surface area (Å²) < 4.78 is 12.7. The Balaban J connectivity index is 2.58. The lowest BCUT2D eigenvalue weighted by molar-refractivity contribution is -0.122. The van der Waals surface area contributed by atoms with E-state index in [0.717, 1.165) is 12.0 Å². The first-order valence-corrected chi connectivity index (χ1v) is 6.14. The van der Waals surface area contributed by atoms with Gasteiger partial charge in [-0.15, -0.1) is 11.6 Å². The number of carbonyl (C=O) groups is 1. The predicted molar refractivity (Wildman–Crippen MR) is 67.7 cm³/mol. The normalized spacial score (nSPS) is 14.1. The Hall–Kier alpha value is -1.09. The summed E-state index contributed by atoms with van der Waals surface area (Å²) in [5, 5.41) is 2.89. The third-order valence-electron chi connectivity index (χ3n) is 2.79. The lowest BCUT2D eigenvalue weighted by atomic mass is 10.0. The van der Waals surface area contributed by atoms with Crippen molar-refractivity contribution in [3.63, 3.8) is 0 Å². The fourth-order valence-corrected chi connectivity index (χ4v) is 1.64. The number of hydrogen-bond donors (Lipinski definition) is 1. The Morgan fingerprint density at radius 3 is 2.47 bits per heavy atom. The van der Waals surface area contributed by atoms with Crippen LogP contribution in [0.3, 0.4) is 0 Å². The molecule has 4 heteroatoms. The summed E-state index contributed by atoms with van der Waals surface area (Å²) >= 11 is 5.81. The molecule has 1 rings (SSSR count). The molecule has 0 spiro atoms. The standard InChI is InChI=1S/C13H17ClFNO/c1-3-13(2,9-14)16-12(17)8-10-4-6-11(15)7-5-10/h4-7H,3,8-9H2,1-2H3,(H,16,17). The van der Waals surface area contributed by atoms with E-state index in [-0.39, 0.29) is 23.7 Å². The Labute approximate surface area is 106 Å². The molecule has 2 nitrogen and oxygen atoms in total. The van der Waals surface area contributed by atoms with Gasteiger partial charge in [-0.05, 0) is 31.0 Å². The van der Waals surface area contributed by atoms with E-state index in [1.165, 1.54) is 12.1 Å². The zero-order chi connectivity index (χ0) is 12.9. The average Bonchev–Trinajstić information content (AvgIpc) is 2.32. The maximum atomic E-state index is 12.7. The molecule has 0 radical (unpaired) electrons. The van der Waals surface area contributed by atoms with Crippen molar-refractivity contribution in [2.24, 2.45) is 0 Å². The van der Waals surface area contributed by atoms with Gasteiger partial charge in [0, 0.05) is 5.88 Å². The maximum Gasteiger partial charge on any atom is 0.224 e. The van der Waals surface area contributed by atoms with Gasteiger partial charge in [0.2, 0.25) is 5.91 Å². The van der Waals surface area contributed by atoms with Crippen LogP contribution in [0.25, 0.3) is 0 Å². The van der Waals surface area contributed by atoms with E-state index in [2.05, 4.69) is 5.32 Å². The van der Waals surface area contributed by atoms with Crippen molar-refractivity contribution in [2.45, 2.75) is 32.2 Å². The molecule has 1 aromatic rings. The molecule has 0 aliphatic rings. The highest BCUT2D eigenvalue weighted by atomic mass is 35.5. The molecule has 0 saturated heterocycles. The minimum atomic E-state index is -0.376. The molecule has 94 valence electrons. The number of carbonyl (C=O) groups excluding carboxylic acids is 1. The van der Waals surface area contributed by atoms with Gasteiger partial charge in [0.05, 0.1) is 12.0 Å². The first kappa shape index (κ1) is 14.0. The first-order chi connectivity index (χ1) is 7.99. The van der Waals surface area contributed by atoms with Gasteiger partial charge in [-0.25, -0.2) is 4.39 Å². The molecule has 0 saturated carbocycles. The van der Waals surface area contributed by atoms with Gasteiger partial charge >= 0.3 is 0 Å². The van der Waals surface area contributed by atoms with Crippen molar-refractivity contribution in [1.82, 2.24) is 5.32 Å². The van der Waals surface area contributed by atoms with E-state index in [4.69, 9.17) is 11.6 Å². The number of amides is 1. The second-order valence-corrected chi connectivity index (χ2v) is 4.67. The summed E-state index contributed by atoms with van der Waals surface area (Å²) in [6, 6.07) is 5.92. The molecular formula is C13H17ClFNO.